The van der Waals surface area contributed by atoms with Crippen LogP contribution in [0, 0.1) is 5.82 Å². The summed E-state index contributed by atoms with van der Waals surface area (Å²) < 4.78 is 45.8. The first kappa shape index (κ1) is 18.7. The molecule has 0 unspecified atom stereocenters. The fourth-order valence-corrected chi connectivity index (χ4v) is 2.84. The van der Waals surface area contributed by atoms with Crippen molar-refractivity contribution in [3.8, 4) is 0 Å². The van der Waals surface area contributed by atoms with Gasteiger partial charge >= 0.3 is 11.8 Å². The van der Waals surface area contributed by atoms with Gasteiger partial charge in [0.15, 0.2) is 11.6 Å². The minimum absolute atomic E-state index is 0.0574. The normalized spacial score (nSPS) is 11.3. The van der Waals surface area contributed by atoms with Crippen LogP contribution in [-0.4, -0.2) is 25.6 Å². The van der Waals surface area contributed by atoms with E-state index in [4.69, 9.17) is 4.52 Å². The molecule has 1 N–H and O–H groups in total. The number of halogens is 3. The predicted octanol–water partition coefficient (Wildman–Crippen LogP) is 3.47. The summed E-state index contributed by atoms with van der Waals surface area (Å²) in [5, 5.41) is 6.27. The van der Waals surface area contributed by atoms with E-state index in [-0.39, 0.29) is 30.6 Å². The Hall–Kier alpha value is -3.69. The van der Waals surface area contributed by atoms with Crippen molar-refractivity contribution in [3.05, 3.63) is 77.5 Å². The maximum atomic E-state index is 13.4. The molecule has 4 aromatic rings. The molecule has 2 heterocycles. The Morgan fingerprint density at radius 2 is 1.86 bits per heavy atom. The van der Waals surface area contributed by atoms with E-state index in [2.05, 4.69) is 20.4 Å². The van der Waals surface area contributed by atoms with Gasteiger partial charge in [0.1, 0.15) is 5.82 Å². The number of carbonyl (C=O) groups excluding carboxylic acids is 1. The molecule has 0 radical (unpaired) electrons. The highest BCUT2D eigenvalue weighted by atomic mass is 19.3. The molecule has 0 saturated carbocycles. The Balaban J connectivity index is 1.49. The van der Waals surface area contributed by atoms with Gasteiger partial charge < -0.3 is 14.4 Å². The summed E-state index contributed by atoms with van der Waals surface area (Å²) in [6.07, 6.45) is -2.78. The zero-order valence-corrected chi connectivity index (χ0v) is 14.8. The number of alkyl halides is 2. The fourth-order valence-electron chi connectivity index (χ4n) is 2.84. The summed E-state index contributed by atoms with van der Waals surface area (Å²) in [5.74, 6) is -1.67. The lowest BCUT2D eigenvalue weighted by molar-refractivity contribution is 0.0907. The first-order valence-corrected chi connectivity index (χ1v) is 8.60. The van der Waals surface area contributed by atoms with Gasteiger partial charge in [-0.25, -0.2) is 18.2 Å². The number of hydrogen-bond acceptors (Lipinski definition) is 5. The molecule has 1 amide bonds. The number of fused-ring (bicyclic) bond motifs is 1. The highest BCUT2D eigenvalue weighted by Crippen LogP contribution is 2.24. The molecule has 0 spiro atoms. The van der Waals surface area contributed by atoms with Gasteiger partial charge in [0, 0.05) is 6.54 Å². The molecule has 29 heavy (non-hydrogen) atoms. The number of imidazole rings is 1. The molecule has 0 bridgehead atoms. The fraction of sp³-hybridized carbons (Fsp3) is 0.158. The summed E-state index contributed by atoms with van der Waals surface area (Å²) in [7, 11) is 0. The van der Waals surface area contributed by atoms with Gasteiger partial charge in [-0.3, -0.25) is 4.79 Å². The third-order valence-corrected chi connectivity index (χ3v) is 4.21. The number of aromatic nitrogens is 4. The standard InChI is InChI=1S/C19H14F3N5O2/c20-12-7-5-11(6-8-12)9-23-18(28)19-25-15(26-29-19)10-27-14-4-2-1-3-13(14)24-17(27)16(21)22/h1-8,16H,9-10H2,(H,23,28). The molecule has 0 fully saturated rings. The van der Waals surface area contributed by atoms with E-state index in [9.17, 15) is 18.0 Å². The summed E-state index contributed by atoms with van der Waals surface area (Å²) in [5.41, 5.74) is 1.60. The molecule has 0 aliphatic carbocycles. The number of nitrogens with one attached hydrogen (secondary N) is 1. The van der Waals surface area contributed by atoms with Crippen molar-refractivity contribution in [3.63, 3.8) is 0 Å². The summed E-state index contributed by atoms with van der Waals surface area (Å²) in [6, 6.07) is 12.3. The molecule has 2 aromatic heterocycles. The lowest BCUT2D eigenvalue weighted by atomic mass is 10.2. The summed E-state index contributed by atoms with van der Waals surface area (Å²) in [6.45, 7) is 0.00739. The summed E-state index contributed by atoms with van der Waals surface area (Å²) in [4.78, 5) is 20.1. The topological polar surface area (TPSA) is 85.8 Å². The van der Waals surface area contributed by atoms with Crippen LogP contribution in [0.4, 0.5) is 13.2 Å². The second-order valence-corrected chi connectivity index (χ2v) is 6.17. The predicted molar refractivity (Wildman–Crippen MR) is 95.7 cm³/mol. The van der Waals surface area contributed by atoms with Crippen LogP contribution in [0.15, 0.2) is 53.1 Å². The Labute approximate surface area is 162 Å². The molecule has 2 aromatic carbocycles. The SMILES string of the molecule is O=C(NCc1ccc(F)cc1)c1nc(Cn2c(C(F)F)nc3ccccc32)no1. The van der Waals surface area contributed by atoms with Gasteiger partial charge in [0.2, 0.25) is 0 Å². The van der Waals surface area contributed by atoms with E-state index in [1.54, 1.807) is 24.3 Å². The van der Waals surface area contributed by atoms with E-state index < -0.39 is 18.2 Å². The van der Waals surface area contributed by atoms with Crippen LogP contribution < -0.4 is 5.32 Å². The Morgan fingerprint density at radius 3 is 2.62 bits per heavy atom. The molecule has 0 saturated heterocycles. The van der Waals surface area contributed by atoms with Gasteiger partial charge in [-0.05, 0) is 29.8 Å². The van der Waals surface area contributed by atoms with E-state index in [0.29, 0.717) is 16.6 Å². The number of nitrogens with zero attached hydrogens (tertiary/aromatic N) is 4. The second-order valence-electron chi connectivity index (χ2n) is 6.17. The van der Waals surface area contributed by atoms with Crippen molar-refractivity contribution >= 4 is 16.9 Å². The molecule has 148 valence electrons. The van der Waals surface area contributed by atoms with Crippen molar-refractivity contribution in [1.29, 1.82) is 0 Å². The van der Waals surface area contributed by atoms with E-state index in [0.717, 1.165) is 0 Å². The van der Waals surface area contributed by atoms with Gasteiger partial charge in [-0.2, -0.15) is 4.98 Å². The van der Waals surface area contributed by atoms with Crippen molar-refractivity contribution < 1.29 is 22.5 Å². The number of hydrogen-bond donors (Lipinski definition) is 1. The third kappa shape index (κ3) is 3.96. The number of benzene rings is 2. The van der Waals surface area contributed by atoms with Crippen molar-refractivity contribution in [2.45, 2.75) is 19.5 Å². The quantitative estimate of drug-likeness (QED) is 0.535. The number of rotatable bonds is 6. The Kier molecular flexibility index (Phi) is 4.98. The van der Waals surface area contributed by atoms with Gasteiger partial charge in [0.05, 0.1) is 17.6 Å². The summed E-state index contributed by atoms with van der Waals surface area (Å²) >= 11 is 0. The van der Waals surface area contributed by atoms with E-state index in [1.807, 2.05) is 0 Å². The zero-order chi connectivity index (χ0) is 20.4. The van der Waals surface area contributed by atoms with Crippen LogP contribution in [0.2, 0.25) is 0 Å². The molecule has 10 heteroatoms. The Morgan fingerprint density at radius 1 is 1.10 bits per heavy atom. The number of carbonyl (C=O) groups is 1. The largest absolute Gasteiger partial charge is 0.344 e. The zero-order valence-electron chi connectivity index (χ0n) is 14.8. The van der Waals surface area contributed by atoms with Crippen molar-refractivity contribution in [1.82, 2.24) is 25.0 Å². The second kappa shape index (κ2) is 7.74. The lowest BCUT2D eigenvalue weighted by Crippen LogP contribution is -2.23. The highest BCUT2D eigenvalue weighted by molar-refractivity contribution is 5.89. The van der Waals surface area contributed by atoms with Crippen LogP contribution in [0.3, 0.4) is 0 Å². The van der Waals surface area contributed by atoms with Crippen molar-refractivity contribution in [2.24, 2.45) is 0 Å². The van der Waals surface area contributed by atoms with Crippen LogP contribution >= 0.6 is 0 Å². The number of para-hydroxylation sites is 2. The van der Waals surface area contributed by atoms with Gasteiger partial charge in [-0.1, -0.05) is 29.4 Å². The molecule has 0 aliphatic heterocycles. The minimum atomic E-state index is -2.78. The number of amides is 1. The lowest BCUT2D eigenvalue weighted by Gasteiger charge is -2.05. The monoisotopic (exact) mass is 401 g/mol. The maximum Gasteiger partial charge on any atom is 0.316 e. The first-order valence-electron chi connectivity index (χ1n) is 8.60. The molecule has 0 atom stereocenters. The smallest absolute Gasteiger partial charge is 0.316 e. The van der Waals surface area contributed by atoms with Crippen molar-refractivity contribution in [2.75, 3.05) is 0 Å². The highest BCUT2D eigenvalue weighted by Gasteiger charge is 2.21. The van der Waals surface area contributed by atoms with E-state index >= 15 is 0 Å². The average molecular weight is 401 g/mol. The molecular formula is C19H14F3N5O2. The molecule has 7 nitrogen and oxygen atoms in total. The first-order chi connectivity index (χ1) is 14.0. The van der Waals surface area contributed by atoms with Crippen LogP contribution in [0.5, 0.6) is 0 Å². The van der Waals surface area contributed by atoms with E-state index in [1.165, 1.54) is 28.8 Å². The third-order valence-electron chi connectivity index (χ3n) is 4.21. The van der Waals surface area contributed by atoms with Crippen LogP contribution in [-0.2, 0) is 13.1 Å². The molecular weight excluding hydrogens is 387 g/mol. The van der Waals surface area contributed by atoms with Gasteiger partial charge in [0.25, 0.3) is 6.43 Å². The average Bonchev–Trinajstić information content (AvgIpc) is 3.33. The maximum absolute atomic E-state index is 13.4. The van der Waals surface area contributed by atoms with Gasteiger partial charge in [-0.15, -0.1) is 0 Å². The minimum Gasteiger partial charge on any atom is -0.344 e. The van der Waals surface area contributed by atoms with Crippen LogP contribution in [0.25, 0.3) is 11.0 Å². The Bertz CT molecular complexity index is 1150. The molecule has 0 aliphatic rings. The van der Waals surface area contributed by atoms with Crippen LogP contribution in [0.1, 0.15) is 34.3 Å². The molecule has 4 rings (SSSR count).